The van der Waals surface area contributed by atoms with Gasteiger partial charge in [0.05, 0.1) is 19.5 Å². The largest absolute Gasteiger partial charge is 0.444 e. The van der Waals surface area contributed by atoms with Crippen LogP contribution >= 0.6 is 0 Å². The average Bonchev–Trinajstić information content (AvgIpc) is 3.60. The van der Waals surface area contributed by atoms with Crippen LogP contribution in [0.25, 0.3) is 0 Å². The summed E-state index contributed by atoms with van der Waals surface area (Å²) in [6.07, 6.45) is 12.8. The van der Waals surface area contributed by atoms with E-state index in [1.54, 1.807) is 31.5 Å². The summed E-state index contributed by atoms with van der Waals surface area (Å²) in [7, 11) is 0. The monoisotopic (exact) mass is 754 g/mol. The highest BCUT2D eigenvalue weighted by molar-refractivity contribution is 5.98. The number of nitrogens with zero attached hydrogens (tertiary/aromatic N) is 3. The van der Waals surface area contributed by atoms with Crippen LogP contribution in [0.3, 0.4) is 0 Å². The molecule has 2 unspecified atom stereocenters. The van der Waals surface area contributed by atoms with Crippen molar-refractivity contribution in [3.63, 3.8) is 0 Å². The second kappa shape index (κ2) is 19.9. The molecule has 3 N–H and O–H groups in total. The Hall–Kier alpha value is -5.23. The number of hydrogen-bond donors (Lipinski definition) is 3. The molecule has 0 bridgehead atoms. The van der Waals surface area contributed by atoms with E-state index < -0.39 is 41.1 Å². The van der Waals surface area contributed by atoms with Gasteiger partial charge in [-0.2, -0.15) is 0 Å². The van der Waals surface area contributed by atoms with Gasteiger partial charge in [-0.1, -0.05) is 84.5 Å². The minimum Gasteiger partial charge on any atom is -0.444 e. The number of hydrogen-bond acceptors (Lipinski definition) is 7. The molecule has 55 heavy (non-hydrogen) atoms. The van der Waals surface area contributed by atoms with Gasteiger partial charge in [0.2, 0.25) is 11.8 Å². The van der Waals surface area contributed by atoms with E-state index in [0.717, 1.165) is 36.8 Å². The maximum Gasteiger partial charge on any atom is 0.408 e. The third-order valence-corrected chi connectivity index (χ3v) is 9.42. The minimum absolute atomic E-state index is 0.0397. The van der Waals surface area contributed by atoms with E-state index in [2.05, 4.69) is 46.1 Å². The van der Waals surface area contributed by atoms with E-state index in [0.29, 0.717) is 19.0 Å². The van der Waals surface area contributed by atoms with E-state index in [1.807, 2.05) is 72.5 Å². The zero-order valence-corrected chi connectivity index (χ0v) is 33.3. The number of nitrogens with one attached hydrogen (secondary N) is 3. The number of piperidine rings is 1. The quantitative estimate of drug-likeness (QED) is 0.134. The highest BCUT2D eigenvalue weighted by Crippen LogP contribution is 2.28. The fourth-order valence-electron chi connectivity index (χ4n) is 6.36. The lowest BCUT2D eigenvalue weighted by Crippen LogP contribution is -2.59. The number of carbonyl (C=O) groups is 4. The fourth-order valence-corrected chi connectivity index (χ4v) is 6.36. The molecule has 0 aliphatic carbocycles. The average molecular weight is 755 g/mol. The standard InChI is InChI=1S/C43H58N6O6/c1-8-16-31(9-2)21-22-32-23-25-48(26-24-32)39(51)37(34-19-14-11-15-20-34)49-27-36(44-30-49)46-38(50)35(29-54-28-33-17-12-10-13-18-33)45-40(52)43(6,7)47-41(53)55-42(3,4)5/h8-20,27,30,32,35,37H,21-26,28-29H2,1-7H3,(H,45,52)(H,46,50)(H,47,53)/b16-8-,31-9+. The SMILES string of the molecule is C/C=C\C(=C/C)CCC1CCN(C(=O)C(c2ccccc2)n2cnc(NC(=O)C(COCc3ccccc3)NC(=O)C(C)(C)NC(=O)OC(C)(C)C)c2)CC1. The Labute approximate surface area is 325 Å². The number of carbonyl (C=O) groups excluding carboxylic acids is 4. The molecule has 3 aromatic rings. The number of alkyl carbamates (subject to hydrolysis) is 1. The van der Waals surface area contributed by atoms with Crippen molar-refractivity contribution in [3.8, 4) is 0 Å². The molecule has 2 aromatic carbocycles. The van der Waals surface area contributed by atoms with E-state index in [1.165, 1.54) is 25.7 Å². The second-order valence-corrected chi connectivity index (χ2v) is 15.5. The lowest BCUT2D eigenvalue weighted by atomic mass is 9.90. The lowest BCUT2D eigenvalue weighted by Gasteiger charge is -2.34. The summed E-state index contributed by atoms with van der Waals surface area (Å²) in [5.41, 5.74) is 0.833. The van der Waals surface area contributed by atoms with Crippen LogP contribution < -0.4 is 16.0 Å². The molecule has 1 fully saturated rings. The number of benzene rings is 2. The molecular weight excluding hydrogens is 697 g/mol. The van der Waals surface area contributed by atoms with Crippen LogP contribution in [-0.4, -0.2) is 75.1 Å². The Morgan fingerprint density at radius 1 is 0.945 bits per heavy atom. The normalized spacial score (nSPS) is 15.3. The molecule has 1 saturated heterocycles. The molecule has 1 aliphatic heterocycles. The molecule has 4 rings (SSSR count). The number of rotatable bonds is 16. The lowest BCUT2D eigenvalue weighted by molar-refractivity contribution is -0.135. The number of imidazole rings is 1. The Bertz CT molecular complexity index is 1770. The van der Waals surface area contributed by atoms with Gasteiger partial charge in [-0.3, -0.25) is 14.4 Å². The summed E-state index contributed by atoms with van der Waals surface area (Å²) in [5, 5.41) is 8.10. The van der Waals surface area contributed by atoms with Crippen molar-refractivity contribution < 1.29 is 28.7 Å². The molecule has 1 aromatic heterocycles. The first-order chi connectivity index (χ1) is 26.2. The first-order valence-corrected chi connectivity index (χ1v) is 19.1. The first-order valence-electron chi connectivity index (χ1n) is 19.1. The van der Waals surface area contributed by atoms with E-state index in [9.17, 15) is 19.2 Å². The van der Waals surface area contributed by atoms with Crippen molar-refractivity contribution in [1.29, 1.82) is 0 Å². The number of anilines is 1. The molecular formula is C43H58N6O6. The highest BCUT2D eigenvalue weighted by Gasteiger charge is 2.35. The third kappa shape index (κ3) is 13.2. The van der Waals surface area contributed by atoms with E-state index >= 15 is 0 Å². The van der Waals surface area contributed by atoms with Gasteiger partial charge in [0.1, 0.15) is 23.2 Å². The van der Waals surface area contributed by atoms with Crippen LogP contribution in [0.2, 0.25) is 0 Å². The summed E-state index contributed by atoms with van der Waals surface area (Å²) in [6.45, 7) is 13.7. The van der Waals surface area contributed by atoms with Crippen LogP contribution in [-0.2, 0) is 30.5 Å². The molecule has 0 radical (unpaired) electrons. The smallest absolute Gasteiger partial charge is 0.408 e. The van der Waals surface area contributed by atoms with Crippen molar-refractivity contribution in [2.45, 2.75) is 104 Å². The van der Waals surface area contributed by atoms with E-state index in [4.69, 9.17) is 9.47 Å². The van der Waals surface area contributed by atoms with Gasteiger partial charge in [-0.15, -0.1) is 0 Å². The summed E-state index contributed by atoms with van der Waals surface area (Å²) >= 11 is 0. The summed E-state index contributed by atoms with van der Waals surface area (Å²) < 4.78 is 12.9. The van der Waals surface area contributed by atoms with Crippen LogP contribution in [0.5, 0.6) is 0 Å². The molecule has 12 nitrogen and oxygen atoms in total. The Morgan fingerprint density at radius 2 is 1.60 bits per heavy atom. The first kappa shape index (κ1) is 42.5. The number of likely N-dealkylation sites (tertiary alicyclic amines) is 1. The van der Waals surface area contributed by atoms with Crippen LogP contribution in [0.1, 0.15) is 91.3 Å². The molecule has 1 aliphatic rings. The number of ether oxygens (including phenoxy) is 2. The van der Waals surface area contributed by atoms with Gasteiger partial charge in [0.25, 0.3) is 5.91 Å². The molecule has 2 atom stereocenters. The summed E-state index contributed by atoms with van der Waals surface area (Å²) in [5.74, 6) is -0.488. The molecule has 2 heterocycles. The third-order valence-electron chi connectivity index (χ3n) is 9.42. The van der Waals surface area contributed by atoms with Gasteiger partial charge < -0.3 is 34.9 Å². The number of aromatic nitrogens is 2. The summed E-state index contributed by atoms with van der Waals surface area (Å²) in [4.78, 5) is 60.4. The predicted octanol–water partition coefficient (Wildman–Crippen LogP) is 6.96. The van der Waals surface area contributed by atoms with Crippen LogP contribution in [0.4, 0.5) is 10.6 Å². The maximum atomic E-state index is 14.2. The Kier molecular flexibility index (Phi) is 15.4. The number of allylic oxidation sites excluding steroid dienone is 4. The molecule has 4 amide bonds. The van der Waals surface area contributed by atoms with E-state index in [-0.39, 0.29) is 24.9 Å². The topological polar surface area (TPSA) is 144 Å². The predicted molar refractivity (Wildman–Crippen MR) is 214 cm³/mol. The van der Waals surface area contributed by atoms with Gasteiger partial charge in [-0.05, 0) is 91.2 Å². The zero-order chi connectivity index (χ0) is 40.0. The van der Waals surface area contributed by atoms with Crippen molar-refractivity contribution in [1.82, 2.24) is 25.1 Å². The zero-order valence-electron chi connectivity index (χ0n) is 33.3. The second-order valence-electron chi connectivity index (χ2n) is 15.5. The Balaban J connectivity index is 1.47. The highest BCUT2D eigenvalue weighted by atomic mass is 16.6. The molecule has 0 spiro atoms. The maximum absolute atomic E-state index is 14.2. The molecule has 12 heteroatoms. The Morgan fingerprint density at radius 3 is 2.22 bits per heavy atom. The molecule has 0 saturated carbocycles. The van der Waals surface area contributed by atoms with Gasteiger partial charge in [0.15, 0.2) is 5.82 Å². The van der Waals surface area contributed by atoms with Crippen LogP contribution in [0, 0.1) is 5.92 Å². The van der Waals surface area contributed by atoms with Crippen molar-refractivity contribution in [2.75, 3.05) is 25.0 Å². The number of amides is 4. The minimum atomic E-state index is -1.43. The van der Waals surface area contributed by atoms with Gasteiger partial charge in [-0.25, -0.2) is 9.78 Å². The van der Waals surface area contributed by atoms with Gasteiger partial charge >= 0.3 is 6.09 Å². The van der Waals surface area contributed by atoms with Crippen LogP contribution in [0.15, 0.2) is 97.0 Å². The fraction of sp³-hybridized carbons (Fsp3) is 0.465. The van der Waals surface area contributed by atoms with Crippen molar-refractivity contribution in [2.24, 2.45) is 5.92 Å². The molecule has 296 valence electrons. The van der Waals surface area contributed by atoms with Crippen molar-refractivity contribution >= 4 is 29.6 Å². The summed E-state index contributed by atoms with van der Waals surface area (Å²) in [6, 6.07) is 17.1. The van der Waals surface area contributed by atoms with Crippen molar-refractivity contribution in [3.05, 3.63) is 108 Å². The van der Waals surface area contributed by atoms with Gasteiger partial charge in [0, 0.05) is 19.3 Å².